The van der Waals surface area contributed by atoms with Gasteiger partial charge in [-0.1, -0.05) is 6.07 Å². The Kier molecular flexibility index (Phi) is 3.26. The second-order valence-corrected chi connectivity index (χ2v) is 3.77. The number of nitrogens with zero attached hydrogens (tertiary/aromatic N) is 1. The molecule has 1 amide bonds. The van der Waals surface area contributed by atoms with E-state index in [-0.39, 0.29) is 5.91 Å². The van der Waals surface area contributed by atoms with Gasteiger partial charge in [0.05, 0.1) is 11.6 Å². The Morgan fingerprint density at radius 3 is 2.50 bits per heavy atom. The number of nitrogens with two attached hydrogens (primary N) is 1. The summed E-state index contributed by atoms with van der Waals surface area (Å²) in [5.41, 5.74) is 7.88. The van der Waals surface area contributed by atoms with Gasteiger partial charge in [-0.15, -0.1) is 0 Å². The minimum absolute atomic E-state index is 0.231. The molecule has 3 N–H and O–H groups in total. The number of rotatable bonds is 2. The van der Waals surface area contributed by atoms with Crippen LogP contribution in [0.4, 0.5) is 11.4 Å². The molecule has 4 heteroatoms. The van der Waals surface area contributed by atoms with Gasteiger partial charge in [0.1, 0.15) is 0 Å². The van der Waals surface area contributed by atoms with E-state index in [4.69, 9.17) is 11.0 Å². The molecular formula is C14H11N3O. The molecule has 2 rings (SSSR count). The maximum atomic E-state index is 11.9. The fourth-order valence-corrected chi connectivity index (χ4v) is 1.52. The summed E-state index contributed by atoms with van der Waals surface area (Å²) in [6, 6.07) is 15.4. The number of hydrogen-bond donors (Lipinski definition) is 2. The first-order valence-corrected chi connectivity index (χ1v) is 5.36. The molecule has 18 heavy (non-hydrogen) atoms. The highest BCUT2D eigenvalue weighted by molar-refractivity contribution is 6.04. The fourth-order valence-electron chi connectivity index (χ4n) is 1.52. The van der Waals surface area contributed by atoms with Crippen LogP contribution in [0.15, 0.2) is 48.5 Å². The number of anilines is 2. The molecule has 0 spiro atoms. The first-order valence-electron chi connectivity index (χ1n) is 5.36. The van der Waals surface area contributed by atoms with E-state index in [1.54, 1.807) is 48.5 Å². The molecule has 0 radical (unpaired) electrons. The first kappa shape index (κ1) is 11.7. The summed E-state index contributed by atoms with van der Waals surface area (Å²) in [6.07, 6.45) is 0. The van der Waals surface area contributed by atoms with Crippen LogP contribution < -0.4 is 11.1 Å². The van der Waals surface area contributed by atoms with Crippen LogP contribution >= 0.6 is 0 Å². The van der Waals surface area contributed by atoms with Crippen LogP contribution in [0.5, 0.6) is 0 Å². The Bertz CT molecular complexity index is 612. The van der Waals surface area contributed by atoms with Gasteiger partial charge in [0.15, 0.2) is 0 Å². The summed E-state index contributed by atoms with van der Waals surface area (Å²) in [5, 5.41) is 11.4. The molecule has 0 heterocycles. The van der Waals surface area contributed by atoms with Crippen molar-refractivity contribution in [2.45, 2.75) is 0 Å². The zero-order valence-electron chi connectivity index (χ0n) is 9.55. The fraction of sp³-hybridized carbons (Fsp3) is 0. The van der Waals surface area contributed by atoms with E-state index in [0.717, 1.165) is 0 Å². The molecule has 0 aromatic heterocycles. The van der Waals surface area contributed by atoms with Crippen LogP contribution in [-0.4, -0.2) is 5.91 Å². The van der Waals surface area contributed by atoms with Crippen molar-refractivity contribution in [2.75, 3.05) is 11.1 Å². The summed E-state index contributed by atoms with van der Waals surface area (Å²) in [4.78, 5) is 11.9. The number of benzene rings is 2. The lowest BCUT2D eigenvalue weighted by atomic mass is 10.1. The van der Waals surface area contributed by atoms with E-state index >= 15 is 0 Å². The smallest absolute Gasteiger partial charge is 0.255 e. The van der Waals surface area contributed by atoms with Crippen molar-refractivity contribution in [2.24, 2.45) is 0 Å². The largest absolute Gasteiger partial charge is 0.399 e. The third-order valence-electron chi connectivity index (χ3n) is 2.42. The minimum atomic E-state index is -0.231. The van der Waals surface area contributed by atoms with Crippen LogP contribution in [-0.2, 0) is 0 Å². The number of amides is 1. The van der Waals surface area contributed by atoms with E-state index < -0.39 is 0 Å². The normalized spacial score (nSPS) is 9.50. The maximum absolute atomic E-state index is 11.9. The Morgan fingerprint density at radius 1 is 1.17 bits per heavy atom. The van der Waals surface area contributed by atoms with Gasteiger partial charge in [0, 0.05) is 16.9 Å². The van der Waals surface area contributed by atoms with Gasteiger partial charge in [-0.3, -0.25) is 4.79 Å². The second kappa shape index (κ2) is 5.02. The third kappa shape index (κ3) is 2.66. The van der Waals surface area contributed by atoms with Gasteiger partial charge in [-0.2, -0.15) is 5.26 Å². The van der Waals surface area contributed by atoms with Crippen LogP contribution in [0, 0.1) is 11.3 Å². The molecule has 0 unspecified atom stereocenters. The van der Waals surface area contributed by atoms with Crippen LogP contribution in [0.25, 0.3) is 0 Å². The highest BCUT2D eigenvalue weighted by atomic mass is 16.1. The monoisotopic (exact) mass is 237 g/mol. The van der Waals surface area contributed by atoms with E-state index in [9.17, 15) is 4.79 Å². The highest BCUT2D eigenvalue weighted by Gasteiger charge is 2.05. The van der Waals surface area contributed by atoms with Crippen molar-refractivity contribution < 1.29 is 4.79 Å². The van der Waals surface area contributed by atoms with Gasteiger partial charge in [-0.25, -0.2) is 0 Å². The molecule has 0 fully saturated rings. The van der Waals surface area contributed by atoms with Gasteiger partial charge < -0.3 is 11.1 Å². The average molecular weight is 237 g/mol. The van der Waals surface area contributed by atoms with Crippen molar-refractivity contribution in [3.8, 4) is 6.07 Å². The molecule has 0 bridgehead atoms. The van der Waals surface area contributed by atoms with Crippen LogP contribution in [0.3, 0.4) is 0 Å². The van der Waals surface area contributed by atoms with Crippen molar-refractivity contribution in [3.05, 3.63) is 59.7 Å². The van der Waals surface area contributed by atoms with Crippen molar-refractivity contribution in [3.63, 3.8) is 0 Å². The van der Waals surface area contributed by atoms with Gasteiger partial charge in [0.25, 0.3) is 5.91 Å². The number of carbonyl (C=O) groups excluding carboxylic acids is 1. The lowest BCUT2D eigenvalue weighted by Gasteiger charge is -2.05. The summed E-state index contributed by atoms with van der Waals surface area (Å²) in [6.45, 7) is 0. The summed E-state index contributed by atoms with van der Waals surface area (Å²) in [5.74, 6) is -0.231. The number of hydrogen-bond acceptors (Lipinski definition) is 3. The lowest BCUT2D eigenvalue weighted by molar-refractivity contribution is 0.102. The third-order valence-corrected chi connectivity index (χ3v) is 2.42. The van der Waals surface area contributed by atoms with Gasteiger partial charge >= 0.3 is 0 Å². The summed E-state index contributed by atoms with van der Waals surface area (Å²) >= 11 is 0. The van der Waals surface area contributed by atoms with Gasteiger partial charge in [-0.05, 0) is 42.5 Å². The number of nitrogens with one attached hydrogen (secondary N) is 1. The summed E-state index contributed by atoms with van der Waals surface area (Å²) < 4.78 is 0. The average Bonchev–Trinajstić information content (AvgIpc) is 2.39. The zero-order valence-corrected chi connectivity index (χ0v) is 9.55. The number of carbonyl (C=O) groups is 1. The zero-order chi connectivity index (χ0) is 13.0. The van der Waals surface area contributed by atoms with E-state index in [0.29, 0.717) is 22.5 Å². The quantitative estimate of drug-likeness (QED) is 0.787. The molecule has 0 aliphatic heterocycles. The minimum Gasteiger partial charge on any atom is -0.399 e. The first-order chi connectivity index (χ1) is 8.69. The molecule has 0 saturated heterocycles. The maximum Gasteiger partial charge on any atom is 0.255 e. The predicted molar refractivity (Wildman–Crippen MR) is 70.0 cm³/mol. The SMILES string of the molecule is N#Cc1ccc(C(=O)Nc2cccc(N)c2)cc1. The van der Waals surface area contributed by atoms with E-state index in [2.05, 4.69) is 5.32 Å². The molecule has 0 saturated carbocycles. The lowest BCUT2D eigenvalue weighted by Crippen LogP contribution is -2.11. The molecule has 88 valence electrons. The topological polar surface area (TPSA) is 78.9 Å². The summed E-state index contributed by atoms with van der Waals surface area (Å²) in [7, 11) is 0. The second-order valence-electron chi connectivity index (χ2n) is 3.77. The molecular weight excluding hydrogens is 226 g/mol. The van der Waals surface area contributed by atoms with Gasteiger partial charge in [0.2, 0.25) is 0 Å². The molecule has 4 nitrogen and oxygen atoms in total. The van der Waals surface area contributed by atoms with Crippen molar-refractivity contribution in [1.82, 2.24) is 0 Å². The standard InChI is InChI=1S/C14H11N3O/c15-9-10-4-6-11(7-5-10)14(18)17-13-3-1-2-12(16)8-13/h1-8H,16H2,(H,17,18). The van der Waals surface area contributed by atoms with E-state index in [1.807, 2.05) is 6.07 Å². The highest BCUT2D eigenvalue weighted by Crippen LogP contribution is 2.13. The number of nitriles is 1. The molecule has 0 aliphatic rings. The molecule has 0 atom stereocenters. The molecule has 2 aromatic rings. The number of nitrogen functional groups attached to an aromatic ring is 1. The van der Waals surface area contributed by atoms with Crippen LogP contribution in [0.2, 0.25) is 0 Å². The Morgan fingerprint density at radius 2 is 1.89 bits per heavy atom. The molecule has 0 aliphatic carbocycles. The molecule has 2 aromatic carbocycles. The van der Waals surface area contributed by atoms with Crippen LogP contribution in [0.1, 0.15) is 15.9 Å². The van der Waals surface area contributed by atoms with Crippen molar-refractivity contribution >= 4 is 17.3 Å². The van der Waals surface area contributed by atoms with E-state index in [1.165, 1.54) is 0 Å². The Balaban J connectivity index is 2.14. The Hall–Kier alpha value is -2.80. The predicted octanol–water partition coefficient (Wildman–Crippen LogP) is 2.39. The van der Waals surface area contributed by atoms with Crippen molar-refractivity contribution in [1.29, 1.82) is 5.26 Å². The Labute approximate surface area is 105 Å².